The lowest BCUT2D eigenvalue weighted by atomic mass is 9.96. The Hall–Kier alpha value is -1.88. The molecule has 1 aromatic rings. The smallest absolute Gasteiger partial charge is 0.360 e. The van der Waals surface area contributed by atoms with Crippen molar-refractivity contribution in [2.75, 3.05) is 6.54 Å². The van der Waals surface area contributed by atoms with E-state index < -0.39 is 11.7 Å². The summed E-state index contributed by atoms with van der Waals surface area (Å²) in [5.74, 6) is -1.24. The maximum atomic E-state index is 12.4. The Morgan fingerprint density at radius 2 is 1.95 bits per heavy atom. The van der Waals surface area contributed by atoms with Crippen LogP contribution in [0.15, 0.2) is 30.3 Å². The van der Waals surface area contributed by atoms with E-state index in [4.69, 9.17) is 4.74 Å². The number of benzene rings is 1. The molecule has 120 valence electrons. The highest BCUT2D eigenvalue weighted by Gasteiger charge is 2.48. The van der Waals surface area contributed by atoms with Crippen LogP contribution in [0.2, 0.25) is 0 Å². The summed E-state index contributed by atoms with van der Waals surface area (Å²) in [5, 5.41) is 10.7. The van der Waals surface area contributed by atoms with Gasteiger partial charge < -0.3 is 14.7 Å². The summed E-state index contributed by atoms with van der Waals surface area (Å²) in [6, 6.07) is 9.27. The molecule has 1 aliphatic heterocycles. The van der Waals surface area contributed by atoms with Crippen LogP contribution in [0.4, 0.5) is 0 Å². The van der Waals surface area contributed by atoms with E-state index in [1.165, 1.54) is 4.90 Å². The molecule has 0 radical (unpaired) electrons. The number of esters is 1. The number of rotatable bonds is 4. The maximum absolute atomic E-state index is 12.4. The van der Waals surface area contributed by atoms with Gasteiger partial charge in [-0.3, -0.25) is 4.79 Å². The van der Waals surface area contributed by atoms with Crippen molar-refractivity contribution in [2.45, 2.75) is 45.4 Å². The zero-order valence-corrected chi connectivity index (χ0v) is 13.1. The molecule has 5 nitrogen and oxygen atoms in total. The zero-order chi connectivity index (χ0) is 16.2. The van der Waals surface area contributed by atoms with E-state index in [0.29, 0.717) is 13.0 Å². The second kappa shape index (κ2) is 6.92. The van der Waals surface area contributed by atoms with Gasteiger partial charge in [0.15, 0.2) is 0 Å². The van der Waals surface area contributed by atoms with Crippen LogP contribution in [-0.2, 0) is 20.9 Å². The van der Waals surface area contributed by atoms with Crippen molar-refractivity contribution in [3.05, 3.63) is 35.9 Å². The Morgan fingerprint density at radius 1 is 1.27 bits per heavy atom. The van der Waals surface area contributed by atoms with E-state index in [-0.39, 0.29) is 24.9 Å². The number of ether oxygens (including phenoxy) is 1. The molecule has 5 heteroatoms. The van der Waals surface area contributed by atoms with Crippen LogP contribution in [0.1, 0.15) is 38.7 Å². The molecule has 1 atom stereocenters. The first-order valence-electron chi connectivity index (χ1n) is 7.70. The number of likely N-dealkylation sites (tertiary alicyclic amines) is 1. The number of piperidine rings is 1. The molecule has 1 heterocycles. The fraction of sp³-hybridized carbons (Fsp3) is 0.529. The van der Waals surface area contributed by atoms with E-state index >= 15 is 0 Å². The summed E-state index contributed by atoms with van der Waals surface area (Å²) in [7, 11) is 0. The first-order valence-corrected chi connectivity index (χ1v) is 7.70. The van der Waals surface area contributed by atoms with Crippen molar-refractivity contribution < 1.29 is 19.4 Å². The molecule has 1 amide bonds. The van der Waals surface area contributed by atoms with Crippen molar-refractivity contribution >= 4 is 11.9 Å². The molecule has 22 heavy (non-hydrogen) atoms. The van der Waals surface area contributed by atoms with Crippen molar-refractivity contribution in [1.82, 2.24) is 4.90 Å². The predicted octanol–water partition coefficient (Wildman–Crippen LogP) is 2.09. The number of carbonyl (C=O) groups is 2. The van der Waals surface area contributed by atoms with Crippen LogP contribution in [0, 0.1) is 5.92 Å². The van der Waals surface area contributed by atoms with Crippen LogP contribution in [0.3, 0.4) is 0 Å². The highest BCUT2D eigenvalue weighted by atomic mass is 16.6. The molecule has 0 aromatic heterocycles. The minimum atomic E-state index is -1.84. The molecule has 0 spiro atoms. The van der Waals surface area contributed by atoms with Gasteiger partial charge in [0, 0.05) is 18.9 Å². The molecule has 1 N–H and O–H groups in total. The number of hydrogen-bond acceptors (Lipinski definition) is 4. The standard InChI is InChI=1S/C17H23NO4/c1-13(2)15(19)18-11-7-6-10-17(18,21)16(20)22-12-14-8-4-3-5-9-14/h3-5,8-9,13,21H,6-7,10-12H2,1-2H3. The number of nitrogens with zero attached hydrogens (tertiary/aromatic N) is 1. The van der Waals surface area contributed by atoms with Gasteiger partial charge in [-0.2, -0.15) is 0 Å². The van der Waals surface area contributed by atoms with Gasteiger partial charge in [-0.15, -0.1) is 0 Å². The molecule has 1 aromatic carbocycles. The van der Waals surface area contributed by atoms with E-state index in [1.807, 2.05) is 30.3 Å². The molecule has 2 rings (SSSR count). The SMILES string of the molecule is CC(C)C(=O)N1CCCCC1(O)C(=O)OCc1ccccc1. The topological polar surface area (TPSA) is 66.8 Å². The molecule has 1 unspecified atom stereocenters. The summed E-state index contributed by atoms with van der Waals surface area (Å²) in [5.41, 5.74) is -0.994. The summed E-state index contributed by atoms with van der Waals surface area (Å²) in [6.07, 6.45) is 1.70. The van der Waals surface area contributed by atoms with Crippen LogP contribution >= 0.6 is 0 Å². The summed E-state index contributed by atoms with van der Waals surface area (Å²) in [4.78, 5) is 25.9. The average molecular weight is 305 g/mol. The molecule has 0 saturated carbocycles. The largest absolute Gasteiger partial charge is 0.457 e. The molecular weight excluding hydrogens is 282 g/mol. The third kappa shape index (κ3) is 3.47. The highest BCUT2D eigenvalue weighted by Crippen LogP contribution is 2.29. The van der Waals surface area contributed by atoms with Crippen LogP contribution in [-0.4, -0.2) is 34.2 Å². The third-order valence-corrected chi connectivity index (χ3v) is 3.90. The van der Waals surface area contributed by atoms with E-state index in [9.17, 15) is 14.7 Å². The quantitative estimate of drug-likeness (QED) is 0.865. The van der Waals surface area contributed by atoms with Gasteiger partial charge in [0.05, 0.1) is 0 Å². The van der Waals surface area contributed by atoms with Gasteiger partial charge in [-0.25, -0.2) is 4.79 Å². The van der Waals surface area contributed by atoms with Gasteiger partial charge in [-0.1, -0.05) is 44.2 Å². The summed E-state index contributed by atoms with van der Waals surface area (Å²) in [6.45, 7) is 3.99. The first kappa shape index (κ1) is 16.5. The number of amides is 1. The minimum Gasteiger partial charge on any atom is -0.457 e. The van der Waals surface area contributed by atoms with Crippen LogP contribution in [0.25, 0.3) is 0 Å². The van der Waals surface area contributed by atoms with E-state index in [2.05, 4.69) is 0 Å². The highest BCUT2D eigenvalue weighted by molar-refractivity contribution is 5.87. The molecule has 1 saturated heterocycles. The predicted molar refractivity (Wildman–Crippen MR) is 81.6 cm³/mol. The van der Waals surface area contributed by atoms with Gasteiger partial charge in [0.2, 0.25) is 11.6 Å². The summed E-state index contributed by atoms with van der Waals surface area (Å²) < 4.78 is 5.25. The second-order valence-electron chi connectivity index (χ2n) is 5.98. The maximum Gasteiger partial charge on any atom is 0.360 e. The Morgan fingerprint density at radius 3 is 2.59 bits per heavy atom. The fourth-order valence-corrected chi connectivity index (χ4v) is 2.62. The number of hydrogen-bond donors (Lipinski definition) is 1. The van der Waals surface area contributed by atoms with Crippen molar-refractivity contribution in [1.29, 1.82) is 0 Å². The second-order valence-corrected chi connectivity index (χ2v) is 5.98. The van der Waals surface area contributed by atoms with Crippen LogP contribution in [0.5, 0.6) is 0 Å². The molecule has 0 bridgehead atoms. The summed E-state index contributed by atoms with van der Waals surface area (Å²) >= 11 is 0. The Bertz CT molecular complexity index is 529. The van der Waals surface area contributed by atoms with Crippen molar-refractivity contribution in [2.24, 2.45) is 5.92 Å². The van der Waals surface area contributed by atoms with E-state index in [0.717, 1.165) is 12.0 Å². The monoisotopic (exact) mass is 305 g/mol. The van der Waals surface area contributed by atoms with Gasteiger partial charge in [0.25, 0.3) is 0 Å². The first-order chi connectivity index (χ1) is 10.4. The van der Waals surface area contributed by atoms with Crippen molar-refractivity contribution in [3.63, 3.8) is 0 Å². The third-order valence-electron chi connectivity index (χ3n) is 3.90. The normalized spacial score (nSPS) is 21.7. The molecule has 0 aliphatic carbocycles. The molecular formula is C17H23NO4. The Balaban J connectivity index is 2.08. The fourth-order valence-electron chi connectivity index (χ4n) is 2.62. The number of aliphatic hydroxyl groups is 1. The van der Waals surface area contributed by atoms with Gasteiger partial charge in [0.1, 0.15) is 6.61 Å². The molecule has 1 fully saturated rings. The van der Waals surface area contributed by atoms with Gasteiger partial charge in [-0.05, 0) is 18.4 Å². The lowest BCUT2D eigenvalue weighted by Gasteiger charge is -2.41. The van der Waals surface area contributed by atoms with Crippen LogP contribution < -0.4 is 0 Å². The molecule has 1 aliphatic rings. The Labute approximate surface area is 130 Å². The lowest BCUT2D eigenvalue weighted by molar-refractivity contribution is -0.202. The zero-order valence-electron chi connectivity index (χ0n) is 13.1. The van der Waals surface area contributed by atoms with Crippen molar-refractivity contribution in [3.8, 4) is 0 Å². The lowest BCUT2D eigenvalue weighted by Crippen LogP contribution is -2.60. The average Bonchev–Trinajstić information content (AvgIpc) is 2.53. The minimum absolute atomic E-state index is 0.0890. The number of carbonyl (C=O) groups excluding carboxylic acids is 2. The van der Waals surface area contributed by atoms with Gasteiger partial charge >= 0.3 is 5.97 Å². The Kier molecular flexibility index (Phi) is 5.19. The van der Waals surface area contributed by atoms with E-state index in [1.54, 1.807) is 13.8 Å².